The van der Waals surface area contributed by atoms with Crippen LogP contribution in [0.25, 0.3) is 0 Å². The zero-order valence-electron chi connectivity index (χ0n) is 7.19. The number of hydrogen-bond donors (Lipinski definition) is 0. The molecule has 12 heteroatoms. The second-order valence-electron chi connectivity index (χ2n) is 2.05. The molecule has 1 atom stereocenters. The summed E-state index contributed by atoms with van der Waals surface area (Å²) in [5.41, 5.74) is 0. The Hall–Kier alpha value is -0.824. The van der Waals surface area contributed by atoms with Crippen molar-refractivity contribution in [1.29, 1.82) is 0 Å². The minimum atomic E-state index is -3.22. The standard InChI is InChI=1S/C3HN5O6.K/c9-1(10)3(8(13)14)4-2(5-6-3)7(11)12;/h(H,9,10);/q;+1/p-1. The van der Waals surface area contributed by atoms with Gasteiger partial charge in [-0.05, 0) is 4.92 Å². The van der Waals surface area contributed by atoms with E-state index in [2.05, 4.69) is 15.2 Å². The monoisotopic (exact) mass is 241 g/mol. The Morgan fingerprint density at radius 1 is 1.33 bits per heavy atom. The molecule has 0 bridgehead atoms. The van der Waals surface area contributed by atoms with Crippen molar-refractivity contribution in [3.05, 3.63) is 20.2 Å². The fourth-order valence-electron chi connectivity index (χ4n) is 0.614. The number of carboxylic acids is 1. The topological polar surface area (TPSA) is 163 Å². The predicted octanol–water partition coefficient (Wildman–Crippen LogP) is -5.23. The van der Waals surface area contributed by atoms with Crippen molar-refractivity contribution >= 4 is 11.9 Å². The van der Waals surface area contributed by atoms with Gasteiger partial charge in [0, 0.05) is 10.1 Å². The fourth-order valence-corrected chi connectivity index (χ4v) is 0.614. The van der Waals surface area contributed by atoms with Crippen molar-refractivity contribution in [2.45, 2.75) is 5.79 Å². The third kappa shape index (κ3) is 2.40. The molecule has 0 saturated carbocycles. The Bertz CT molecular complexity index is 374. The van der Waals surface area contributed by atoms with Crippen LogP contribution in [0.5, 0.6) is 0 Å². The van der Waals surface area contributed by atoms with Gasteiger partial charge in [0.15, 0.2) is 5.97 Å². The first-order chi connectivity index (χ1) is 6.40. The van der Waals surface area contributed by atoms with Crippen molar-refractivity contribution in [1.82, 2.24) is 0 Å². The summed E-state index contributed by atoms with van der Waals surface area (Å²) < 4.78 is 0. The molecule has 0 saturated heterocycles. The molecule has 1 heterocycles. The van der Waals surface area contributed by atoms with Gasteiger partial charge in [-0.2, -0.15) is 0 Å². The molecule has 0 fully saturated rings. The molecule has 0 aromatic rings. The molecule has 0 N–H and O–H groups in total. The van der Waals surface area contributed by atoms with E-state index in [1.807, 2.05) is 0 Å². The maximum Gasteiger partial charge on any atom is 1.00 e. The van der Waals surface area contributed by atoms with Gasteiger partial charge >= 0.3 is 63.1 Å². The summed E-state index contributed by atoms with van der Waals surface area (Å²) in [7, 11) is 0. The fraction of sp³-hybridized carbons (Fsp3) is 0.333. The Morgan fingerprint density at radius 2 is 1.87 bits per heavy atom. The van der Waals surface area contributed by atoms with E-state index in [-0.39, 0.29) is 51.4 Å². The van der Waals surface area contributed by atoms with Gasteiger partial charge in [0.2, 0.25) is 0 Å². The number of nitro groups is 2. The van der Waals surface area contributed by atoms with E-state index in [0.717, 1.165) is 0 Å². The molecule has 15 heavy (non-hydrogen) atoms. The molecule has 1 aliphatic rings. The predicted molar refractivity (Wildman–Crippen MR) is 34.0 cm³/mol. The molecule has 11 nitrogen and oxygen atoms in total. The SMILES string of the molecule is O=C([O-])C1([N+](=O)[O-])N=NC([N+](=O)[O-])=N1.[K+]. The summed E-state index contributed by atoms with van der Waals surface area (Å²) in [5, 5.41) is 35.8. The van der Waals surface area contributed by atoms with Crippen LogP contribution in [0.3, 0.4) is 0 Å². The van der Waals surface area contributed by atoms with Crippen LogP contribution < -0.4 is 56.5 Å². The number of carbonyl (C=O) groups excluding carboxylic acids is 1. The summed E-state index contributed by atoms with van der Waals surface area (Å²) in [6.07, 6.45) is 0. The summed E-state index contributed by atoms with van der Waals surface area (Å²) >= 11 is 0. The first-order valence-corrected chi connectivity index (χ1v) is 2.93. The van der Waals surface area contributed by atoms with Crippen LogP contribution in [0.2, 0.25) is 0 Å². The first-order valence-electron chi connectivity index (χ1n) is 2.93. The summed E-state index contributed by atoms with van der Waals surface area (Å²) in [4.78, 5) is 30.6. The average molecular weight is 241 g/mol. The number of aliphatic carboxylic acids is 1. The molecule has 1 rings (SSSR count). The third-order valence-corrected chi connectivity index (χ3v) is 1.23. The van der Waals surface area contributed by atoms with E-state index in [9.17, 15) is 30.1 Å². The van der Waals surface area contributed by atoms with Gasteiger partial charge < -0.3 is 20.0 Å². The molecule has 1 aliphatic heterocycles. The Kier molecular flexibility index (Phi) is 4.54. The molecule has 0 radical (unpaired) electrons. The van der Waals surface area contributed by atoms with Crippen LogP contribution in [0.1, 0.15) is 0 Å². The average Bonchev–Trinajstić information content (AvgIpc) is 2.48. The van der Waals surface area contributed by atoms with Crippen molar-refractivity contribution < 1.29 is 71.1 Å². The van der Waals surface area contributed by atoms with Crippen LogP contribution in [0.4, 0.5) is 0 Å². The van der Waals surface area contributed by atoms with Gasteiger partial charge in [-0.3, -0.25) is 10.1 Å². The normalized spacial score (nSPS) is 22.8. The zero-order chi connectivity index (χ0) is 10.9. The molecule has 74 valence electrons. The second-order valence-corrected chi connectivity index (χ2v) is 2.05. The van der Waals surface area contributed by atoms with Crippen molar-refractivity contribution in [2.75, 3.05) is 0 Å². The van der Waals surface area contributed by atoms with Crippen LogP contribution in [-0.2, 0) is 4.79 Å². The smallest absolute Gasteiger partial charge is 0.538 e. The molecular weight excluding hydrogens is 241 g/mol. The maximum absolute atomic E-state index is 10.3. The molecule has 1 unspecified atom stereocenters. The first kappa shape index (κ1) is 14.2. The van der Waals surface area contributed by atoms with Crippen LogP contribution in [0, 0.1) is 20.2 Å². The minimum absolute atomic E-state index is 0. The number of guanidine groups is 1. The van der Waals surface area contributed by atoms with Gasteiger partial charge in [0.25, 0.3) is 0 Å². The van der Waals surface area contributed by atoms with Crippen LogP contribution in [-0.4, -0.2) is 27.6 Å². The van der Waals surface area contributed by atoms with Gasteiger partial charge in [-0.15, -0.1) is 0 Å². The second kappa shape index (κ2) is 4.80. The van der Waals surface area contributed by atoms with E-state index in [4.69, 9.17) is 0 Å². The van der Waals surface area contributed by atoms with E-state index in [0.29, 0.717) is 0 Å². The van der Waals surface area contributed by atoms with E-state index in [1.54, 1.807) is 0 Å². The number of aliphatic imine (C=N–C) groups is 1. The van der Waals surface area contributed by atoms with E-state index < -0.39 is 27.6 Å². The Balaban J connectivity index is 0.00000196. The summed E-state index contributed by atoms with van der Waals surface area (Å²) in [6.45, 7) is 0. The summed E-state index contributed by atoms with van der Waals surface area (Å²) in [5.74, 6) is -6.75. The quantitative estimate of drug-likeness (QED) is 0.266. The molecule has 0 aromatic carbocycles. The van der Waals surface area contributed by atoms with Crippen molar-refractivity contribution in [3.63, 3.8) is 0 Å². The Morgan fingerprint density at radius 3 is 2.07 bits per heavy atom. The maximum atomic E-state index is 10.3. The molecule has 0 amide bonds. The number of rotatable bonds is 2. The molecule has 0 aliphatic carbocycles. The Labute approximate surface area is 123 Å². The van der Waals surface area contributed by atoms with Gasteiger partial charge in [-0.25, -0.2) is 0 Å². The zero-order valence-corrected chi connectivity index (χ0v) is 10.3. The number of azo groups is 1. The van der Waals surface area contributed by atoms with Crippen molar-refractivity contribution in [3.8, 4) is 0 Å². The van der Waals surface area contributed by atoms with Gasteiger partial charge in [0.1, 0.15) is 4.92 Å². The molecule has 0 spiro atoms. The van der Waals surface area contributed by atoms with Gasteiger partial charge in [-0.1, -0.05) is 0 Å². The molecular formula is C3KN5O6. The summed E-state index contributed by atoms with van der Waals surface area (Å²) in [6, 6.07) is 0. The van der Waals surface area contributed by atoms with Gasteiger partial charge in [0.05, 0.1) is 5.11 Å². The number of hydrogen-bond acceptors (Lipinski definition) is 9. The van der Waals surface area contributed by atoms with E-state index >= 15 is 0 Å². The largest absolute Gasteiger partial charge is 1.00 e. The third-order valence-electron chi connectivity index (χ3n) is 1.23. The van der Waals surface area contributed by atoms with E-state index in [1.165, 1.54) is 0 Å². The van der Waals surface area contributed by atoms with Crippen LogP contribution in [0.15, 0.2) is 15.2 Å². The number of nitrogens with zero attached hydrogens (tertiary/aromatic N) is 5. The molecule has 0 aromatic heterocycles. The minimum Gasteiger partial charge on any atom is -0.538 e. The van der Waals surface area contributed by atoms with Crippen molar-refractivity contribution in [2.24, 2.45) is 15.2 Å². The number of carbonyl (C=O) groups is 1. The van der Waals surface area contributed by atoms with Crippen LogP contribution >= 0.6 is 0 Å². The number of carboxylic acid groups (broad SMARTS) is 1.